The number of aliphatic imine (C=N–C) groups is 1. The summed E-state index contributed by atoms with van der Waals surface area (Å²) in [6.45, 7) is 2.92. The van der Waals surface area contributed by atoms with Crippen LogP contribution in [0.25, 0.3) is 0 Å². The Labute approximate surface area is 162 Å². The fourth-order valence-corrected chi connectivity index (χ4v) is 3.23. The Balaban J connectivity index is 2.09. The number of hydrogen-bond donors (Lipinski definition) is 2. The molecule has 1 aromatic rings. The maximum Gasteiger partial charge on any atom is 0.422 e. The number of carbonyl (C=O) groups is 1. The number of para-hydroxylation sites is 1. The van der Waals surface area contributed by atoms with Gasteiger partial charge in [-0.25, -0.2) is 4.99 Å². The van der Waals surface area contributed by atoms with Crippen LogP contribution in [0, 0.1) is 5.92 Å². The molecule has 1 aliphatic rings. The van der Waals surface area contributed by atoms with Crippen LogP contribution in [0.2, 0.25) is 0 Å². The first-order valence-corrected chi connectivity index (χ1v) is 9.37. The number of nitrogens with zero attached hydrogens (tertiary/aromatic N) is 2. The van der Waals surface area contributed by atoms with Crippen molar-refractivity contribution in [1.82, 2.24) is 10.2 Å². The molecule has 9 heteroatoms. The van der Waals surface area contributed by atoms with Crippen LogP contribution in [0.4, 0.5) is 13.2 Å². The van der Waals surface area contributed by atoms with E-state index in [0.29, 0.717) is 31.0 Å². The van der Waals surface area contributed by atoms with Crippen molar-refractivity contribution in [3.63, 3.8) is 0 Å². The fourth-order valence-electron chi connectivity index (χ4n) is 3.23. The number of ether oxygens (including phenoxy) is 1. The highest BCUT2D eigenvalue weighted by atomic mass is 19.4. The first-order valence-electron chi connectivity index (χ1n) is 9.37. The molecule has 156 valence electrons. The molecule has 0 spiro atoms. The second-order valence-corrected chi connectivity index (χ2v) is 6.81. The van der Waals surface area contributed by atoms with E-state index in [2.05, 4.69) is 15.2 Å². The Kier molecular flexibility index (Phi) is 7.95. The molecule has 0 aliphatic carbocycles. The molecular formula is C19H27F3N4O2. The van der Waals surface area contributed by atoms with Gasteiger partial charge < -0.3 is 20.7 Å². The summed E-state index contributed by atoms with van der Waals surface area (Å²) in [4.78, 5) is 17.9. The number of carbonyl (C=O) groups excluding carboxylic acids is 1. The predicted molar refractivity (Wildman–Crippen MR) is 101 cm³/mol. The van der Waals surface area contributed by atoms with Crippen LogP contribution >= 0.6 is 0 Å². The average molecular weight is 400 g/mol. The Morgan fingerprint density at radius 2 is 2.14 bits per heavy atom. The minimum absolute atomic E-state index is 0.171. The van der Waals surface area contributed by atoms with Gasteiger partial charge in [-0.2, -0.15) is 13.2 Å². The number of rotatable bonds is 7. The van der Waals surface area contributed by atoms with E-state index in [1.807, 2.05) is 6.92 Å². The zero-order valence-electron chi connectivity index (χ0n) is 16.0. The number of nitrogens with two attached hydrogens (primary N) is 1. The number of hydrogen-bond acceptors (Lipinski definition) is 3. The van der Waals surface area contributed by atoms with Crippen LogP contribution in [-0.4, -0.2) is 49.2 Å². The van der Waals surface area contributed by atoms with Crippen molar-refractivity contribution in [3.8, 4) is 5.75 Å². The SMILES string of the molecule is CCNC(=NCc1ccccc1OCC(F)(F)F)N1CCCC(CC(N)=O)C1. The number of piperidine rings is 1. The van der Waals surface area contributed by atoms with Crippen LogP contribution in [0.3, 0.4) is 0 Å². The lowest BCUT2D eigenvalue weighted by atomic mass is 9.95. The smallest absolute Gasteiger partial charge is 0.422 e. The van der Waals surface area contributed by atoms with Gasteiger partial charge in [0.25, 0.3) is 0 Å². The van der Waals surface area contributed by atoms with Crippen LogP contribution in [0.5, 0.6) is 5.75 Å². The third kappa shape index (κ3) is 7.28. The summed E-state index contributed by atoms with van der Waals surface area (Å²) in [5.41, 5.74) is 5.89. The second kappa shape index (κ2) is 10.2. The fraction of sp³-hybridized carbons (Fsp3) is 0.579. The molecule has 0 aromatic heterocycles. The summed E-state index contributed by atoms with van der Waals surface area (Å²) in [6, 6.07) is 6.57. The van der Waals surface area contributed by atoms with Crippen molar-refractivity contribution >= 4 is 11.9 Å². The lowest BCUT2D eigenvalue weighted by molar-refractivity contribution is -0.153. The molecule has 3 N–H and O–H groups in total. The minimum Gasteiger partial charge on any atom is -0.484 e. The molecular weight excluding hydrogens is 373 g/mol. The number of halogens is 3. The number of benzene rings is 1. The summed E-state index contributed by atoms with van der Waals surface area (Å²) < 4.78 is 42.3. The number of guanidine groups is 1. The topological polar surface area (TPSA) is 80.0 Å². The molecule has 0 radical (unpaired) electrons. The van der Waals surface area contributed by atoms with Crippen LogP contribution < -0.4 is 15.8 Å². The van der Waals surface area contributed by atoms with E-state index in [0.717, 1.165) is 19.4 Å². The van der Waals surface area contributed by atoms with Crippen LogP contribution in [-0.2, 0) is 11.3 Å². The molecule has 6 nitrogen and oxygen atoms in total. The van der Waals surface area contributed by atoms with Crippen molar-refractivity contribution in [2.24, 2.45) is 16.6 Å². The van der Waals surface area contributed by atoms with E-state index in [-0.39, 0.29) is 24.1 Å². The van der Waals surface area contributed by atoms with Gasteiger partial charge >= 0.3 is 6.18 Å². The molecule has 1 aromatic carbocycles. The van der Waals surface area contributed by atoms with Crippen molar-refractivity contribution in [2.75, 3.05) is 26.2 Å². The van der Waals surface area contributed by atoms with Gasteiger partial charge in [0.15, 0.2) is 12.6 Å². The third-order valence-electron chi connectivity index (χ3n) is 4.41. The van der Waals surface area contributed by atoms with E-state index in [9.17, 15) is 18.0 Å². The van der Waals surface area contributed by atoms with Crippen LogP contribution in [0.1, 0.15) is 31.7 Å². The van der Waals surface area contributed by atoms with Crippen LogP contribution in [0.15, 0.2) is 29.3 Å². The average Bonchev–Trinajstić information content (AvgIpc) is 2.63. The van der Waals surface area contributed by atoms with Crippen molar-refractivity contribution in [3.05, 3.63) is 29.8 Å². The molecule has 1 atom stereocenters. The number of alkyl halides is 3. The highest BCUT2D eigenvalue weighted by Crippen LogP contribution is 2.23. The van der Waals surface area contributed by atoms with Gasteiger partial charge in [-0.05, 0) is 31.7 Å². The summed E-state index contributed by atoms with van der Waals surface area (Å²) in [6.07, 6.45) is -2.20. The maximum atomic E-state index is 12.5. The van der Waals surface area contributed by atoms with Gasteiger partial charge in [0.05, 0.1) is 6.54 Å². The van der Waals surface area contributed by atoms with E-state index < -0.39 is 12.8 Å². The molecule has 1 heterocycles. The van der Waals surface area contributed by atoms with Gasteiger partial charge in [0, 0.05) is 31.6 Å². The van der Waals surface area contributed by atoms with Gasteiger partial charge in [0.1, 0.15) is 5.75 Å². The first-order chi connectivity index (χ1) is 13.3. The largest absolute Gasteiger partial charge is 0.484 e. The summed E-state index contributed by atoms with van der Waals surface area (Å²) in [5.74, 6) is 0.703. The Hall–Kier alpha value is -2.45. The molecule has 0 saturated carbocycles. The van der Waals surface area contributed by atoms with Crippen molar-refractivity contribution in [2.45, 2.75) is 38.9 Å². The Morgan fingerprint density at radius 3 is 2.82 bits per heavy atom. The van der Waals surface area contributed by atoms with Gasteiger partial charge in [-0.3, -0.25) is 4.79 Å². The van der Waals surface area contributed by atoms with E-state index in [4.69, 9.17) is 10.5 Å². The predicted octanol–water partition coefficient (Wildman–Crippen LogP) is 2.68. The number of primary amides is 1. The molecule has 1 aliphatic heterocycles. The van der Waals surface area contributed by atoms with Gasteiger partial charge in [-0.1, -0.05) is 18.2 Å². The molecule has 1 unspecified atom stereocenters. The van der Waals surface area contributed by atoms with E-state index >= 15 is 0 Å². The summed E-state index contributed by atoms with van der Waals surface area (Å²) in [5, 5.41) is 3.21. The van der Waals surface area contributed by atoms with E-state index in [1.165, 1.54) is 6.07 Å². The molecule has 1 fully saturated rings. The standard InChI is InChI=1S/C19H27F3N4O2/c1-2-24-18(26-9-5-6-14(12-26)10-17(23)27)25-11-15-7-3-4-8-16(15)28-13-19(20,21)22/h3-4,7-8,14H,2,5-6,9-13H2,1H3,(H2,23,27)(H,24,25). The quantitative estimate of drug-likeness (QED) is 0.545. The highest BCUT2D eigenvalue weighted by Gasteiger charge is 2.29. The third-order valence-corrected chi connectivity index (χ3v) is 4.41. The van der Waals surface area contributed by atoms with Gasteiger partial charge in [-0.15, -0.1) is 0 Å². The minimum atomic E-state index is -4.39. The second-order valence-electron chi connectivity index (χ2n) is 6.81. The molecule has 2 rings (SSSR count). The van der Waals surface area contributed by atoms with Gasteiger partial charge in [0.2, 0.25) is 5.91 Å². The Bertz CT molecular complexity index is 679. The molecule has 1 saturated heterocycles. The highest BCUT2D eigenvalue weighted by molar-refractivity contribution is 5.80. The lowest BCUT2D eigenvalue weighted by Gasteiger charge is -2.34. The van der Waals surface area contributed by atoms with Crippen molar-refractivity contribution in [1.29, 1.82) is 0 Å². The molecule has 0 bridgehead atoms. The number of amides is 1. The first kappa shape index (κ1) is 21.8. The summed E-state index contributed by atoms with van der Waals surface area (Å²) in [7, 11) is 0. The van der Waals surface area contributed by atoms with E-state index in [1.54, 1.807) is 18.2 Å². The molecule has 28 heavy (non-hydrogen) atoms. The Morgan fingerprint density at radius 1 is 1.39 bits per heavy atom. The normalized spacial score (nSPS) is 18.1. The molecule has 1 amide bonds. The monoisotopic (exact) mass is 400 g/mol. The maximum absolute atomic E-state index is 12.5. The number of nitrogens with one attached hydrogen (secondary N) is 1. The van der Waals surface area contributed by atoms with Crippen molar-refractivity contribution < 1.29 is 22.7 Å². The number of likely N-dealkylation sites (tertiary alicyclic amines) is 1. The zero-order chi connectivity index (χ0) is 20.6. The summed E-state index contributed by atoms with van der Waals surface area (Å²) >= 11 is 0. The zero-order valence-corrected chi connectivity index (χ0v) is 16.0. The lowest BCUT2D eigenvalue weighted by Crippen LogP contribution is -2.47.